The minimum atomic E-state index is -3.65. The highest BCUT2D eigenvalue weighted by atomic mass is 32.2. The van der Waals surface area contributed by atoms with Gasteiger partial charge < -0.3 is 0 Å². The molecule has 6 nitrogen and oxygen atoms in total. The Morgan fingerprint density at radius 3 is 1.52 bits per heavy atom. The molecular formula is C17H24N3O3PS. The van der Waals surface area contributed by atoms with Crippen LogP contribution >= 0.6 is 7.59 Å². The third-order valence-corrected chi connectivity index (χ3v) is 8.13. The van der Waals surface area contributed by atoms with Crippen LogP contribution in [0.15, 0.2) is 60.7 Å². The van der Waals surface area contributed by atoms with Gasteiger partial charge in [-0.25, -0.2) is 17.8 Å². The highest BCUT2D eigenvalue weighted by Gasteiger charge is 2.36. The van der Waals surface area contributed by atoms with Gasteiger partial charge in [-0.2, -0.15) is 0 Å². The topological polar surface area (TPSA) is 69.7 Å². The van der Waals surface area contributed by atoms with Crippen LogP contribution in [-0.2, 0) is 27.7 Å². The van der Waals surface area contributed by atoms with Gasteiger partial charge in [-0.1, -0.05) is 60.7 Å². The molecule has 2 aromatic rings. The first-order valence-electron chi connectivity index (χ1n) is 7.81. The Morgan fingerprint density at radius 1 is 0.840 bits per heavy atom. The average Bonchev–Trinajstić information content (AvgIpc) is 2.55. The molecule has 0 aliphatic rings. The summed E-state index contributed by atoms with van der Waals surface area (Å²) in [4.78, 5) is 0. The molecule has 2 rings (SSSR count). The van der Waals surface area contributed by atoms with Crippen molar-refractivity contribution in [1.29, 1.82) is 0 Å². The van der Waals surface area contributed by atoms with Crippen LogP contribution in [0.25, 0.3) is 0 Å². The summed E-state index contributed by atoms with van der Waals surface area (Å²) in [6.07, 6.45) is 1.02. The maximum atomic E-state index is 13.6. The molecule has 0 amide bonds. The fourth-order valence-corrected chi connectivity index (χ4v) is 6.58. The van der Waals surface area contributed by atoms with Crippen LogP contribution in [-0.4, -0.2) is 38.1 Å². The van der Waals surface area contributed by atoms with Crippen molar-refractivity contribution in [2.75, 3.05) is 20.4 Å². The smallest absolute Gasteiger partial charge is 0.269 e. The first kappa shape index (κ1) is 19.8. The predicted molar refractivity (Wildman–Crippen MR) is 101 cm³/mol. The van der Waals surface area contributed by atoms with Gasteiger partial charge in [-0.05, 0) is 25.2 Å². The molecule has 1 N–H and O–H groups in total. The zero-order valence-corrected chi connectivity index (χ0v) is 16.4. The zero-order valence-electron chi connectivity index (χ0n) is 14.7. The number of nitrogens with one attached hydrogen (secondary N) is 1. The van der Waals surface area contributed by atoms with Gasteiger partial charge in [0, 0.05) is 13.1 Å². The lowest BCUT2D eigenvalue weighted by Crippen LogP contribution is -2.37. The summed E-state index contributed by atoms with van der Waals surface area (Å²) in [6.45, 7) is 0.722. The lowest BCUT2D eigenvalue weighted by molar-refractivity contribution is 0.377. The Labute approximate surface area is 150 Å². The summed E-state index contributed by atoms with van der Waals surface area (Å²) >= 11 is 0. The molecule has 2 aromatic carbocycles. The first-order valence-corrected chi connectivity index (χ1v) is 11.3. The van der Waals surface area contributed by atoms with Crippen molar-refractivity contribution in [2.24, 2.45) is 0 Å². The summed E-state index contributed by atoms with van der Waals surface area (Å²) < 4.78 is 42.7. The molecule has 0 spiro atoms. The van der Waals surface area contributed by atoms with E-state index in [-0.39, 0.29) is 0 Å². The molecule has 136 valence electrons. The van der Waals surface area contributed by atoms with E-state index < -0.39 is 17.6 Å². The summed E-state index contributed by atoms with van der Waals surface area (Å²) in [5, 5.41) is 0. The average molecular weight is 381 g/mol. The van der Waals surface area contributed by atoms with Gasteiger partial charge in [0.25, 0.3) is 7.59 Å². The first-order chi connectivity index (χ1) is 11.7. The quantitative estimate of drug-likeness (QED) is 0.712. The van der Waals surface area contributed by atoms with E-state index in [1.165, 1.54) is 0 Å². The van der Waals surface area contributed by atoms with Crippen molar-refractivity contribution >= 4 is 17.6 Å². The van der Waals surface area contributed by atoms with Crippen LogP contribution in [0.1, 0.15) is 11.1 Å². The van der Waals surface area contributed by atoms with Gasteiger partial charge in [0.2, 0.25) is 10.0 Å². The van der Waals surface area contributed by atoms with E-state index in [1.807, 2.05) is 60.7 Å². The highest BCUT2D eigenvalue weighted by molar-refractivity contribution is 7.94. The van der Waals surface area contributed by atoms with Crippen LogP contribution in [0.5, 0.6) is 0 Å². The fraction of sp³-hybridized carbons (Fsp3) is 0.294. The second-order valence-corrected chi connectivity index (χ2v) is 10.7. The Balaban J connectivity index is 2.27. The SMILES string of the molecule is CN(Cc1ccccc1)P(=O)(NS(C)(=O)=O)N(C)Cc1ccccc1. The molecule has 8 heteroatoms. The Kier molecular flexibility index (Phi) is 6.54. The van der Waals surface area contributed by atoms with E-state index in [2.05, 4.69) is 4.49 Å². The zero-order chi connectivity index (χ0) is 18.5. The maximum absolute atomic E-state index is 13.6. The van der Waals surface area contributed by atoms with Crippen LogP contribution < -0.4 is 4.49 Å². The third-order valence-electron chi connectivity index (χ3n) is 3.72. The molecule has 0 unspecified atom stereocenters. The Hall–Kier alpha value is -1.50. The normalized spacial score (nSPS) is 12.7. The second-order valence-electron chi connectivity index (χ2n) is 6.01. The summed E-state index contributed by atoms with van der Waals surface area (Å²) in [5.41, 5.74) is 1.90. The van der Waals surface area contributed by atoms with E-state index in [0.29, 0.717) is 13.1 Å². The van der Waals surface area contributed by atoms with Gasteiger partial charge in [-0.3, -0.25) is 4.57 Å². The van der Waals surface area contributed by atoms with Crippen molar-refractivity contribution in [1.82, 2.24) is 13.8 Å². The third kappa shape index (κ3) is 5.76. The van der Waals surface area contributed by atoms with E-state index in [9.17, 15) is 13.0 Å². The van der Waals surface area contributed by atoms with Crippen molar-refractivity contribution in [3.8, 4) is 0 Å². The lowest BCUT2D eigenvalue weighted by atomic mass is 10.2. The molecule has 0 saturated carbocycles. The van der Waals surface area contributed by atoms with Gasteiger partial charge in [0.15, 0.2) is 0 Å². The van der Waals surface area contributed by atoms with E-state index in [0.717, 1.165) is 17.4 Å². The molecule has 0 bridgehead atoms. The number of benzene rings is 2. The van der Waals surface area contributed by atoms with Gasteiger partial charge in [0.1, 0.15) is 0 Å². The van der Waals surface area contributed by atoms with Crippen LogP contribution in [0.3, 0.4) is 0 Å². The van der Waals surface area contributed by atoms with Gasteiger partial charge in [0.05, 0.1) is 6.26 Å². The number of sulfonamides is 1. The second kappa shape index (κ2) is 8.25. The number of hydrogen-bond acceptors (Lipinski definition) is 3. The van der Waals surface area contributed by atoms with E-state index >= 15 is 0 Å². The number of hydrogen-bond donors (Lipinski definition) is 1. The standard InChI is InChI=1S/C17H24N3O3PS/c1-19(14-16-10-6-4-7-11-16)24(21,18-25(3,22)23)20(2)15-17-12-8-5-9-13-17/h4-13H,14-15H2,1-3H3,(H,18,21). The molecule has 0 aliphatic carbocycles. The molecule has 0 atom stereocenters. The van der Waals surface area contributed by atoms with E-state index in [1.54, 1.807) is 23.4 Å². The predicted octanol–water partition coefficient (Wildman–Crippen LogP) is 2.91. The van der Waals surface area contributed by atoms with E-state index in [4.69, 9.17) is 0 Å². The monoisotopic (exact) mass is 381 g/mol. The van der Waals surface area contributed by atoms with Crippen molar-refractivity contribution in [3.05, 3.63) is 71.8 Å². The molecule has 0 heterocycles. The number of nitrogens with zero attached hydrogens (tertiary/aromatic N) is 2. The summed E-state index contributed by atoms with van der Waals surface area (Å²) in [6, 6.07) is 19.0. The molecule has 0 aliphatic heterocycles. The summed E-state index contributed by atoms with van der Waals surface area (Å²) in [7, 11) is -3.86. The lowest BCUT2D eigenvalue weighted by Gasteiger charge is -2.34. The molecule has 0 saturated heterocycles. The van der Waals surface area contributed by atoms with Gasteiger partial charge in [-0.15, -0.1) is 4.49 Å². The summed E-state index contributed by atoms with van der Waals surface area (Å²) in [5.74, 6) is 0. The van der Waals surface area contributed by atoms with Crippen LogP contribution in [0.2, 0.25) is 0 Å². The maximum Gasteiger partial charge on any atom is 0.297 e. The Bertz CT molecular complexity index is 777. The van der Waals surface area contributed by atoms with Crippen molar-refractivity contribution in [3.63, 3.8) is 0 Å². The molecule has 0 aromatic heterocycles. The number of rotatable bonds is 8. The van der Waals surface area contributed by atoms with Crippen LogP contribution in [0, 0.1) is 0 Å². The van der Waals surface area contributed by atoms with Crippen molar-refractivity contribution < 1.29 is 13.0 Å². The molecule has 0 radical (unpaired) electrons. The minimum absolute atomic E-state index is 0.361. The van der Waals surface area contributed by atoms with Crippen LogP contribution in [0.4, 0.5) is 0 Å². The molecule has 0 fully saturated rings. The molecular weight excluding hydrogens is 357 g/mol. The largest absolute Gasteiger partial charge is 0.297 e. The van der Waals surface area contributed by atoms with Crippen molar-refractivity contribution in [2.45, 2.75) is 13.1 Å². The highest BCUT2D eigenvalue weighted by Crippen LogP contribution is 2.49. The molecule has 25 heavy (non-hydrogen) atoms. The fourth-order valence-electron chi connectivity index (χ4n) is 2.50. The minimum Gasteiger partial charge on any atom is -0.269 e. The Morgan fingerprint density at radius 2 is 1.20 bits per heavy atom. The van der Waals surface area contributed by atoms with Gasteiger partial charge >= 0.3 is 0 Å².